The van der Waals surface area contributed by atoms with Crippen LogP contribution in [0.25, 0.3) is 0 Å². The summed E-state index contributed by atoms with van der Waals surface area (Å²) in [5.41, 5.74) is 5.41. The fraction of sp³-hybridized carbons (Fsp3) is 1.00. The van der Waals surface area contributed by atoms with Crippen molar-refractivity contribution < 1.29 is 9.84 Å². The van der Waals surface area contributed by atoms with Crippen LogP contribution in [0.15, 0.2) is 0 Å². The third kappa shape index (κ3) is 2.25. The lowest BCUT2D eigenvalue weighted by Gasteiger charge is -2.57. The summed E-state index contributed by atoms with van der Waals surface area (Å²) in [5.74, 6) is 0.697. The van der Waals surface area contributed by atoms with Gasteiger partial charge in [-0.1, -0.05) is 19.8 Å². The molecule has 100 valence electrons. The molecule has 0 aromatic carbocycles. The minimum absolute atomic E-state index is 0.0434. The monoisotopic (exact) mass is 241 g/mol. The molecule has 3 N–H and O–H groups in total. The Bertz CT molecular complexity index is 263. The summed E-state index contributed by atoms with van der Waals surface area (Å²) >= 11 is 0. The number of rotatable bonds is 4. The van der Waals surface area contributed by atoms with Crippen LogP contribution in [-0.2, 0) is 4.74 Å². The highest BCUT2D eigenvalue weighted by molar-refractivity contribution is 5.09. The van der Waals surface area contributed by atoms with Crippen molar-refractivity contribution >= 4 is 0 Å². The van der Waals surface area contributed by atoms with Crippen molar-refractivity contribution in [3.8, 4) is 0 Å². The summed E-state index contributed by atoms with van der Waals surface area (Å²) in [5, 5.41) is 10.8. The van der Waals surface area contributed by atoms with E-state index in [9.17, 15) is 5.11 Å². The van der Waals surface area contributed by atoms with Gasteiger partial charge in [0.25, 0.3) is 0 Å². The second kappa shape index (κ2) is 4.87. The molecule has 0 aromatic rings. The molecule has 0 radical (unpaired) electrons. The van der Waals surface area contributed by atoms with Gasteiger partial charge >= 0.3 is 0 Å². The zero-order chi connectivity index (χ0) is 12.5. The second-order valence-electron chi connectivity index (χ2n) is 6.20. The highest BCUT2D eigenvalue weighted by Gasteiger charge is 2.57. The quantitative estimate of drug-likeness (QED) is 0.792. The number of hydrogen-bond acceptors (Lipinski definition) is 3. The van der Waals surface area contributed by atoms with E-state index in [1.54, 1.807) is 0 Å². The van der Waals surface area contributed by atoms with E-state index in [0.29, 0.717) is 12.5 Å². The predicted molar refractivity (Wildman–Crippen MR) is 68.7 cm³/mol. The summed E-state index contributed by atoms with van der Waals surface area (Å²) < 4.78 is 5.58. The van der Waals surface area contributed by atoms with Crippen molar-refractivity contribution in [1.82, 2.24) is 0 Å². The molecule has 0 aliphatic heterocycles. The average Bonchev–Trinajstić information content (AvgIpc) is 2.27. The van der Waals surface area contributed by atoms with Crippen LogP contribution in [0.5, 0.6) is 0 Å². The van der Waals surface area contributed by atoms with Gasteiger partial charge < -0.3 is 15.6 Å². The van der Waals surface area contributed by atoms with E-state index >= 15 is 0 Å². The van der Waals surface area contributed by atoms with Crippen LogP contribution in [0.4, 0.5) is 0 Å². The molecule has 2 rings (SSSR count). The third-order valence-corrected chi connectivity index (χ3v) is 5.00. The van der Waals surface area contributed by atoms with Crippen LogP contribution in [0.3, 0.4) is 0 Å². The third-order valence-electron chi connectivity index (χ3n) is 5.00. The van der Waals surface area contributed by atoms with Gasteiger partial charge in [-0.2, -0.15) is 0 Å². The normalized spacial score (nSPS) is 46.6. The van der Waals surface area contributed by atoms with Crippen LogP contribution in [0.1, 0.15) is 52.4 Å². The molecular formula is C14H27NO2. The molecule has 3 nitrogen and oxygen atoms in total. The number of nitrogens with two attached hydrogens (primary N) is 1. The molecule has 3 heteroatoms. The lowest BCUT2D eigenvalue weighted by Crippen LogP contribution is -2.63. The molecule has 0 heterocycles. The van der Waals surface area contributed by atoms with E-state index in [1.807, 2.05) is 6.92 Å². The second-order valence-corrected chi connectivity index (χ2v) is 6.20. The van der Waals surface area contributed by atoms with Gasteiger partial charge in [-0.05, 0) is 25.7 Å². The van der Waals surface area contributed by atoms with Crippen LogP contribution in [0.2, 0.25) is 0 Å². The van der Waals surface area contributed by atoms with Crippen molar-refractivity contribution in [3.05, 3.63) is 0 Å². The van der Waals surface area contributed by atoms with Crippen molar-refractivity contribution in [2.45, 2.75) is 64.1 Å². The highest BCUT2D eigenvalue weighted by Crippen LogP contribution is 2.54. The SMILES string of the molecule is CCOC1CC(O)(C2(CN)CCCC(C)C2)C1. The molecule has 17 heavy (non-hydrogen) atoms. The van der Waals surface area contributed by atoms with Gasteiger partial charge in [0.1, 0.15) is 0 Å². The topological polar surface area (TPSA) is 55.5 Å². The van der Waals surface area contributed by atoms with E-state index in [2.05, 4.69) is 6.92 Å². The van der Waals surface area contributed by atoms with Gasteiger partial charge in [0, 0.05) is 31.4 Å². The summed E-state index contributed by atoms with van der Waals surface area (Å²) in [6.07, 6.45) is 6.48. The first-order valence-corrected chi connectivity index (χ1v) is 7.09. The maximum Gasteiger partial charge on any atom is 0.0765 e. The molecule has 2 unspecified atom stereocenters. The van der Waals surface area contributed by atoms with Crippen molar-refractivity contribution in [2.75, 3.05) is 13.2 Å². The van der Waals surface area contributed by atoms with Crippen LogP contribution < -0.4 is 5.73 Å². The smallest absolute Gasteiger partial charge is 0.0765 e. The molecular weight excluding hydrogens is 214 g/mol. The highest BCUT2D eigenvalue weighted by atomic mass is 16.5. The van der Waals surface area contributed by atoms with E-state index in [1.165, 1.54) is 12.8 Å². The van der Waals surface area contributed by atoms with E-state index in [4.69, 9.17) is 10.5 Å². The molecule has 2 saturated carbocycles. The molecule has 2 aliphatic carbocycles. The summed E-state index contributed by atoms with van der Waals surface area (Å²) in [6, 6.07) is 0. The lowest BCUT2D eigenvalue weighted by molar-refractivity contribution is -0.212. The van der Waals surface area contributed by atoms with E-state index in [0.717, 1.165) is 32.3 Å². The van der Waals surface area contributed by atoms with Crippen molar-refractivity contribution in [2.24, 2.45) is 17.1 Å². The number of ether oxygens (including phenoxy) is 1. The first-order valence-electron chi connectivity index (χ1n) is 7.09. The maximum atomic E-state index is 10.8. The fourth-order valence-corrected chi connectivity index (χ4v) is 3.94. The fourth-order valence-electron chi connectivity index (χ4n) is 3.94. The zero-order valence-electron chi connectivity index (χ0n) is 11.2. The Morgan fingerprint density at radius 1 is 1.35 bits per heavy atom. The minimum atomic E-state index is -0.559. The number of hydrogen-bond donors (Lipinski definition) is 2. The molecule has 0 bridgehead atoms. The Balaban J connectivity index is 2.03. The minimum Gasteiger partial charge on any atom is -0.389 e. The van der Waals surface area contributed by atoms with Crippen LogP contribution in [0, 0.1) is 11.3 Å². The standard InChI is InChI=1S/C14H27NO2/c1-3-17-12-8-14(16,9-12)13(10-15)6-4-5-11(2)7-13/h11-12,16H,3-10,15H2,1-2H3. The molecule has 2 fully saturated rings. The molecule has 0 saturated heterocycles. The van der Waals surface area contributed by atoms with Gasteiger partial charge in [0.05, 0.1) is 11.7 Å². The maximum absolute atomic E-state index is 10.8. The molecule has 0 spiro atoms. The van der Waals surface area contributed by atoms with Crippen molar-refractivity contribution in [3.63, 3.8) is 0 Å². The molecule has 2 aliphatic rings. The Morgan fingerprint density at radius 3 is 2.59 bits per heavy atom. The Labute approximate surface area is 105 Å². The Hall–Kier alpha value is -0.120. The van der Waals surface area contributed by atoms with Gasteiger partial charge in [0.15, 0.2) is 0 Å². The van der Waals surface area contributed by atoms with Crippen LogP contribution >= 0.6 is 0 Å². The zero-order valence-corrected chi connectivity index (χ0v) is 11.2. The summed E-state index contributed by atoms with van der Waals surface area (Å²) in [6.45, 7) is 5.66. The lowest BCUT2D eigenvalue weighted by atomic mass is 9.53. The summed E-state index contributed by atoms with van der Waals surface area (Å²) in [4.78, 5) is 0. The van der Waals surface area contributed by atoms with Gasteiger partial charge in [0.2, 0.25) is 0 Å². The van der Waals surface area contributed by atoms with Crippen LogP contribution in [-0.4, -0.2) is 30.0 Å². The van der Waals surface area contributed by atoms with Gasteiger partial charge in [-0.25, -0.2) is 0 Å². The van der Waals surface area contributed by atoms with Gasteiger partial charge in [-0.3, -0.25) is 0 Å². The predicted octanol–water partition coefficient (Wildman–Crippen LogP) is 2.07. The molecule has 0 amide bonds. The Morgan fingerprint density at radius 2 is 2.06 bits per heavy atom. The number of aliphatic hydroxyl groups is 1. The molecule has 2 atom stereocenters. The van der Waals surface area contributed by atoms with E-state index in [-0.39, 0.29) is 11.5 Å². The largest absolute Gasteiger partial charge is 0.389 e. The summed E-state index contributed by atoms with van der Waals surface area (Å²) in [7, 11) is 0. The molecule has 0 aromatic heterocycles. The Kier molecular flexibility index (Phi) is 3.81. The first kappa shape index (κ1) is 13.3. The van der Waals surface area contributed by atoms with E-state index < -0.39 is 5.60 Å². The first-order chi connectivity index (χ1) is 8.05. The average molecular weight is 241 g/mol. The van der Waals surface area contributed by atoms with Gasteiger partial charge in [-0.15, -0.1) is 0 Å². The van der Waals surface area contributed by atoms with Crippen molar-refractivity contribution in [1.29, 1.82) is 0 Å².